The first kappa shape index (κ1) is 25.5. The summed E-state index contributed by atoms with van der Waals surface area (Å²) in [5.41, 5.74) is 1.73. The molecule has 34 heavy (non-hydrogen) atoms. The first-order valence-electron chi connectivity index (χ1n) is 11.2. The fourth-order valence-corrected chi connectivity index (χ4v) is 5.40. The van der Waals surface area contributed by atoms with Crippen molar-refractivity contribution in [3.63, 3.8) is 0 Å². The second-order valence-electron chi connectivity index (χ2n) is 7.84. The topological polar surface area (TPSA) is 107 Å². The highest BCUT2D eigenvalue weighted by Gasteiger charge is 2.27. The molecule has 0 radical (unpaired) electrons. The molecule has 0 atom stereocenters. The van der Waals surface area contributed by atoms with Crippen molar-refractivity contribution in [3.05, 3.63) is 47.5 Å². The minimum atomic E-state index is -3.61. The fourth-order valence-electron chi connectivity index (χ4n) is 3.63. The Labute approximate surface area is 200 Å². The predicted octanol–water partition coefficient (Wildman–Crippen LogP) is 3.57. The molecule has 0 spiro atoms. The van der Waals surface area contributed by atoms with Gasteiger partial charge >= 0.3 is 0 Å². The Balaban J connectivity index is 1.58. The minimum Gasteiger partial charge on any atom is -0.493 e. The minimum absolute atomic E-state index is 0.204. The van der Waals surface area contributed by atoms with Crippen molar-refractivity contribution in [2.24, 2.45) is 5.16 Å². The molecular weight excluding hydrogens is 458 g/mol. The number of ether oxygens (including phenoxy) is 2. The molecule has 0 saturated carbocycles. The molecule has 1 aliphatic rings. The summed E-state index contributed by atoms with van der Waals surface area (Å²) in [6, 6.07) is 10.1. The van der Waals surface area contributed by atoms with E-state index in [4.69, 9.17) is 14.3 Å². The Hall–Kier alpha value is -3.11. The van der Waals surface area contributed by atoms with E-state index < -0.39 is 15.9 Å². The van der Waals surface area contributed by atoms with Crippen LogP contribution in [0.15, 0.2) is 46.4 Å². The van der Waals surface area contributed by atoms with Gasteiger partial charge in [0.1, 0.15) is 0 Å². The zero-order valence-corrected chi connectivity index (χ0v) is 20.6. The zero-order valence-electron chi connectivity index (χ0n) is 19.7. The number of hydrogen-bond acceptors (Lipinski definition) is 7. The van der Waals surface area contributed by atoms with E-state index in [9.17, 15) is 13.2 Å². The molecule has 0 aromatic heterocycles. The van der Waals surface area contributed by atoms with Crippen molar-refractivity contribution in [2.45, 2.75) is 38.0 Å². The van der Waals surface area contributed by atoms with Crippen molar-refractivity contribution in [1.29, 1.82) is 0 Å². The maximum absolute atomic E-state index is 13.0. The maximum atomic E-state index is 13.0. The van der Waals surface area contributed by atoms with Gasteiger partial charge in [0.15, 0.2) is 18.1 Å². The lowest BCUT2D eigenvalue weighted by atomic mass is 10.2. The highest BCUT2D eigenvalue weighted by Crippen LogP contribution is 2.28. The van der Waals surface area contributed by atoms with Crippen molar-refractivity contribution < 1.29 is 27.5 Å². The van der Waals surface area contributed by atoms with E-state index in [2.05, 4.69) is 10.5 Å². The monoisotopic (exact) mass is 489 g/mol. The van der Waals surface area contributed by atoms with Gasteiger partial charge in [-0.05, 0) is 62.6 Å². The summed E-state index contributed by atoms with van der Waals surface area (Å²) < 4.78 is 38.4. The Morgan fingerprint density at radius 2 is 1.88 bits per heavy atom. The highest BCUT2D eigenvalue weighted by molar-refractivity contribution is 7.89. The molecule has 1 aliphatic heterocycles. The highest BCUT2D eigenvalue weighted by atomic mass is 32.2. The van der Waals surface area contributed by atoms with Gasteiger partial charge in [-0.15, -0.1) is 0 Å². The molecule has 2 aromatic rings. The molecule has 10 heteroatoms. The van der Waals surface area contributed by atoms with Crippen LogP contribution in [0, 0.1) is 6.92 Å². The van der Waals surface area contributed by atoms with Gasteiger partial charge in [0.2, 0.25) is 10.0 Å². The van der Waals surface area contributed by atoms with Gasteiger partial charge in [-0.25, -0.2) is 8.42 Å². The second-order valence-corrected chi connectivity index (χ2v) is 9.75. The van der Waals surface area contributed by atoms with Crippen LogP contribution in [0.4, 0.5) is 5.69 Å². The summed E-state index contributed by atoms with van der Waals surface area (Å²) in [5, 5.41) is 6.49. The summed E-state index contributed by atoms with van der Waals surface area (Å²) in [7, 11) is -2.06. The van der Waals surface area contributed by atoms with E-state index in [0.717, 1.165) is 19.3 Å². The largest absolute Gasteiger partial charge is 0.493 e. The fraction of sp³-hybridized carbons (Fsp3) is 0.417. The Bertz CT molecular complexity index is 1130. The average Bonchev–Trinajstić information content (AvgIpc) is 2.84. The van der Waals surface area contributed by atoms with Crippen LogP contribution in [-0.4, -0.2) is 58.3 Å². The predicted molar refractivity (Wildman–Crippen MR) is 130 cm³/mol. The van der Waals surface area contributed by atoms with Crippen LogP contribution in [0.1, 0.15) is 37.3 Å². The lowest BCUT2D eigenvalue weighted by Crippen LogP contribution is -2.36. The summed E-state index contributed by atoms with van der Waals surface area (Å²) in [6.45, 7) is 4.87. The number of oxime groups is 1. The number of nitrogens with zero attached hydrogens (tertiary/aromatic N) is 2. The molecule has 1 N–H and O–H groups in total. The molecule has 184 valence electrons. The lowest BCUT2D eigenvalue weighted by molar-refractivity contribution is -0.120. The summed E-state index contributed by atoms with van der Waals surface area (Å²) in [6.07, 6.45) is 4.21. The third-order valence-electron chi connectivity index (χ3n) is 5.36. The third-order valence-corrected chi connectivity index (χ3v) is 7.40. The zero-order chi connectivity index (χ0) is 24.6. The lowest BCUT2D eigenvalue weighted by Gasteiger charge is -2.26. The number of amides is 1. The van der Waals surface area contributed by atoms with Crippen LogP contribution in [-0.2, 0) is 19.7 Å². The second kappa shape index (κ2) is 11.8. The van der Waals surface area contributed by atoms with E-state index in [0.29, 0.717) is 48.0 Å². The number of benzene rings is 2. The van der Waals surface area contributed by atoms with Gasteiger partial charge in [0.05, 0.1) is 24.8 Å². The normalized spacial score (nSPS) is 14.7. The number of nitrogens with one attached hydrogen (secondary N) is 1. The number of piperidine rings is 1. The van der Waals surface area contributed by atoms with Crippen LogP contribution in [0.2, 0.25) is 0 Å². The molecular formula is C24H31N3O6S. The van der Waals surface area contributed by atoms with Crippen molar-refractivity contribution in [1.82, 2.24) is 4.31 Å². The first-order valence-corrected chi connectivity index (χ1v) is 12.7. The number of hydrogen-bond donors (Lipinski definition) is 1. The molecule has 1 amide bonds. The Morgan fingerprint density at radius 3 is 2.59 bits per heavy atom. The van der Waals surface area contributed by atoms with Crippen LogP contribution in [0.25, 0.3) is 0 Å². The van der Waals surface area contributed by atoms with Gasteiger partial charge in [-0.2, -0.15) is 4.31 Å². The molecule has 2 aromatic carbocycles. The first-order chi connectivity index (χ1) is 16.3. The van der Waals surface area contributed by atoms with Gasteiger partial charge in [-0.3, -0.25) is 4.79 Å². The molecule has 1 fully saturated rings. The van der Waals surface area contributed by atoms with Crippen LogP contribution < -0.4 is 14.8 Å². The summed E-state index contributed by atoms with van der Waals surface area (Å²) in [5.74, 6) is 0.743. The molecule has 1 heterocycles. The number of carbonyl (C=O) groups is 1. The molecule has 1 saturated heterocycles. The number of aryl methyl sites for hydroxylation is 1. The smallest absolute Gasteiger partial charge is 0.265 e. The van der Waals surface area contributed by atoms with Gasteiger partial charge in [0.25, 0.3) is 5.91 Å². The standard InChI is InChI=1S/C24H31N3O6S/c1-4-32-21-11-9-19(14-22(21)31-3)16-25-33-17-24(28)26-20-10-8-18(2)23(15-20)34(29,30)27-12-6-5-7-13-27/h8-11,14-16H,4-7,12-13,17H2,1-3H3,(H,26,28)/b25-16+. The maximum Gasteiger partial charge on any atom is 0.265 e. The number of methoxy groups -OCH3 is 1. The van der Waals surface area contributed by atoms with Crippen molar-refractivity contribution in [3.8, 4) is 11.5 Å². The molecule has 0 unspecified atom stereocenters. The van der Waals surface area contributed by atoms with E-state index in [-0.39, 0.29) is 11.5 Å². The number of anilines is 1. The average molecular weight is 490 g/mol. The van der Waals surface area contributed by atoms with E-state index >= 15 is 0 Å². The summed E-state index contributed by atoms with van der Waals surface area (Å²) >= 11 is 0. The SMILES string of the molecule is CCOc1ccc(/C=N/OCC(=O)Nc2ccc(C)c(S(=O)(=O)N3CCCCC3)c2)cc1OC. The van der Waals surface area contributed by atoms with Crippen molar-refractivity contribution in [2.75, 3.05) is 38.7 Å². The van der Waals surface area contributed by atoms with E-state index in [1.807, 2.05) is 6.92 Å². The Kier molecular flexibility index (Phi) is 8.89. The van der Waals surface area contributed by atoms with Crippen LogP contribution in [0.5, 0.6) is 11.5 Å². The number of carbonyl (C=O) groups excluding carboxylic acids is 1. The van der Waals surface area contributed by atoms with E-state index in [1.165, 1.54) is 16.6 Å². The van der Waals surface area contributed by atoms with Crippen molar-refractivity contribution >= 4 is 27.8 Å². The molecule has 0 aliphatic carbocycles. The van der Waals surface area contributed by atoms with Crippen LogP contribution in [0.3, 0.4) is 0 Å². The Morgan fingerprint density at radius 1 is 1.12 bits per heavy atom. The third kappa shape index (κ3) is 6.48. The molecule has 0 bridgehead atoms. The quantitative estimate of drug-likeness (QED) is 0.404. The molecule has 3 rings (SSSR count). The van der Waals surface area contributed by atoms with E-state index in [1.54, 1.807) is 44.4 Å². The van der Waals surface area contributed by atoms with Gasteiger partial charge in [-0.1, -0.05) is 17.6 Å². The summed E-state index contributed by atoms with van der Waals surface area (Å²) in [4.78, 5) is 17.6. The van der Waals surface area contributed by atoms with Crippen LogP contribution >= 0.6 is 0 Å². The number of rotatable bonds is 10. The molecule has 9 nitrogen and oxygen atoms in total. The van der Waals surface area contributed by atoms with Gasteiger partial charge < -0.3 is 19.6 Å². The number of sulfonamides is 1. The van der Waals surface area contributed by atoms with Gasteiger partial charge in [0, 0.05) is 24.3 Å².